The van der Waals surface area contributed by atoms with E-state index in [4.69, 9.17) is 18.6 Å². The summed E-state index contributed by atoms with van der Waals surface area (Å²) in [4.78, 5) is 0. The normalized spacial score (nSPS) is 13.7. The van der Waals surface area contributed by atoms with Crippen LogP contribution in [0.4, 0.5) is 0 Å². The Bertz CT molecular complexity index is 1020. The number of rotatable bonds is 10. The van der Waals surface area contributed by atoms with Crippen LogP contribution in [0.3, 0.4) is 0 Å². The molecule has 0 N–H and O–H groups in total. The van der Waals surface area contributed by atoms with Gasteiger partial charge in [0.25, 0.3) is 0 Å². The minimum absolute atomic E-state index is 0.257. The summed E-state index contributed by atoms with van der Waals surface area (Å²) in [5, 5.41) is 10.5. The van der Waals surface area contributed by atoms with Gasteiger partial charge in [-0.3, -0.25) is 0 Å². The lowest BCUT2D eigenvalue weighted by Gasteiger charge is -2.32. The zero-order valence-corrected chi connectivity index (χ0v) is 21.9. The molecule has 0 bridgehead atoms. The Hall–Kier alpha value is -3.01. The van der Waals surface area contributed by atoms with Crippen LogP contribution in [0, 0.1) is 16.7 Å². The molecule has 1 unspecified atom stereocenters. The Kier molecular flexibility index (Phi) is 8.92. The first-order chi connectivity index (χ1) is 15.6. The molecule has 0 saturated heterocycles. The van der Waals surface area contributed by atoms with E-state index < -0.39 is 14.6 Å². The highest BCUT2D eigenvalue weighted by Crippen LogP contribution is 2.43. The Morgan fingerprint density at radius 1 is 1.03 bits per heavy atom. The van der Waals surface area contributed by atoms with Gasteiger partial charge in [0.05, 0.1) is 14.2 Å². The molecule has 6 heteroatoms. The van der Waals surface area contributed by atoms with Crippen molar-refractivity contribution in [1.82, 2.24) is 0 Å². The predicted molar refractivity (Wildman–Crippen MR) is 136 cm³/mol. The van der Waals surface area contributed by atoms with Crippen molar-refractivity contribution in [1.29, 1.82) is 5.26 Å². The van der Waals surface area contributed by atoms with Gasteiger partial charge in [0.15, 0.2) is 14.6 Å². The Morgan fingerprint density at radius 2 is 1.67 bits per heavy atom. The van der Waals surface area contributed by atoms with E-state index >= 15 is 0 Å². The fraction of sp³-hybridized carbons (Fsp3) is 0.370. The van der Waals surface area contributed by atoms with Gasteiger partial charge in [-0.15, -0.1) is 0 Å². The highest BCUT2D eigenvalue weighted by molar-refractivity contribution is 6.48. The minimum Gasteiger partial charge on any atom is -0.497 e. The molecule has 0 fully saturated rings. The van der Waals surface area contributed by atoms with Crippen LogP contribution in [0.25, 0.3) is 5.57 Å². The second-order valence-electron chi connectivity index (χ2n) is 9.01. The summed E-state index contributed by atoms with van der Waals surface area (Å²) in [6.45, 7) is 14.6. The first-order valence-electron chi connectivity index (χ1n) is 11.0. The van der Waals surface area contributed by atoms with Crippen LogP contribution in [0.15, 0.2) is 61.2 Å². The van der Waals surface area contributed by atoms with Gasteiger partial charge >= 0.3 is 0 Å². The van der Waals surface area contributed by atoms with Crippen LogP contribution in [0.5, 0.6) is 17.2 Å². The summed E-state index contributed by atoms with van der Waals surface area (Å²) >= 11 is 0. The third kappa shape index (κ3) is 6.50. The molecule has 0 spiro atoms. The standard InChI is InChI=1S/C27H35NO4Si/c1-9-16-31-21-12-10-20(11-13-21)24(26(2,3)4)18-27(19-28,32-33(7)8)23-15-14-22(29-5)17-25(23)30-6/h9-15,17-18,33H,1,16H2,2-8H3/b24-18-. The first-order valence-corrected chi connectivity index (χ1v) is 13.8. The Morgan fingerprint density at radius 3 is 2.15 bits per heavy atom. The van der Waals surface area contributed by atoms with E-state index in [-0.39, 0.29) is 5.41 Å². The van der Waals surface area contributed by atoms with Crippen LogP contribution < -0.4 is 14.2 Å². The maximum atomic E-state index is 10.5. The van der Waals surface area contributed by atoms with Crippen molar-refractivity contribution in [2.45, 2.75) is 39.5 Å². The highest BCUT2D eigenvalue weighted by atomic mass is 28.3. The molecule has 2 aromatic carbocycles. The van der Waals surface area contributed by atoms with Gasteiger partial charge in [-0.25, -0.2) is 0 Å². The summed E-state index contributed by atoms with van der Waals surface area (Å²) in [6.07, 6.45) is 3.66. The monoisotopic (exact) mass is 465 g/mol. The summed E-state index contributed by atoms with van der Waals surface area (Å²) < 4.78 is 23.1. The molecule has 0 aliphatic carbocycles. The van der Waals surface area contributed by atoms with E-state index in [0.717, 1.165) is 16.9 Å². The van der Waals surface area contributed by atoms with E-state index in [2.05, 4.69) is 46.5 Å². The average Bonchev–Trinajstić information content (AvgIpc) is 2.79. The molecule has 0 saturated carbocycles. The van der Waals surface area contributed by atoms with Crippen molar-refractivity contribution in [2.24, 2.45) is 5.41 Å². The molecule has 0 amide bonds. The van der Waals surface area contributed by atoms with Crippen molar-refractivity contribution in [3.63, 3.8) is 0 Å². The quantitative estimate of drug-likeness (QED) is 0.313. The second-order valence-corrected chi connectivity index (χ2v) is 11.3. The molecule has 176 valence electrons. The molecule has 0 aliphatic rings. The van der Waals surface area contributed by atoms with Crippen molar-refractivity contribution in [2.75, 3.05) is 20.8 Å². The number of benzene rings is 2. The molecule has 0 aromatic heterocycles. The molecule has 2 aromatic rings. The largest absolute Gasteiger partial charge is 0.497 e. The molecule has 0 heterocycles. The van der Waals surface area contributed by atoms with Gasteiger partial charge in [-0.2, -0.15) is 5.26 Å². The van der Waals surface area contributed by atoms with Gasteiger partial charge in [-0.1, -0.05) is 45.6 Å². The number of nitriles is 1. The third-order valence-electron chi connectivity index (χ3n) is 5.09. The van der Waals surface area contributed by atoms with E-state index in [1.54, 1.807) is 26.4 Å². The lowest BCUT2D eigenvalue weighted by Crippen LogP contribution is -2.32. The summed E-state index contributed by atoms with van der Waals surface area (Å²) in [6, 6.07) is 15.8. The highest BCUT2D eigenvalue weighted by Gasteiger charge is 2.37. The van der Waals surface area contributed by atoms with E-state index in [9.17, 15) is 5.26 Å². The van der Waals surface area contributed by atoms with Crippen LogP contribution >= 0.6 is 0 Å². The van der Waals surface area contributed by atoms with Gasteiger partial charge in [0, 0.05) is 11.6 Å². The zero-order chi connectivity index (χ0) is 24.6. The van der Waals surface area contributed by atoms with Crippen LogP contribution in [0.1, 0.15) is 31.9 Å². The molecule has 0 aliphatic heterocycles. The number of nitrogens with zero attached hydrogens (tertiary/aromatic N) is 1. The number of hydrogen-bond donors (Lipinski definition) is 0. The molecule has 5 nitrogen and oxygen atoms in total. The predicted octanol–water partition coefficient (Wildman–Crippen LogP) is 6.12. The average molecular weight is 466 g/mol. The molecular weight excluding hydrogens is 430 g/mol. The summed E-state index contributed by atoms with van der Waals surface area (Å²) in [5.74, 6) is 1.96. The number of hydrogen-bond acceptors (Lipinski definition) is 5. The maximum absolute atomic E-state index is 10.5. The summed E-state index contributed by atoms with van der Waals surface area (Å²) in [7, 11) is 1.54. The van der Waals surface area contributed by atoms with Crippen molar-refractivity contribution in [3.8, 4) is 23.3 Å². The Labute approximate surface area is 200 Å². The van der Waals surface area contributed by atoms with E-state index in [0.29, 0.717) is 23.7 Å². The third-order valence-corrected chi connectivity index (χ3v) is 5.93. The first kappa shape index (κ1) is 26.2. The van der Waals surface area contributed by atoms with Crippen molar-refractivity contribution >= 4 is 14.6 Å². The fourth-order valence-electron chi connectivity index (χ4n) is 3.59. The summed E-state index contributed by atoms with van der Waals surface area (Å²) in [5.41, 5.74) is 1.08. The lowest BCUT2D eigenvalue weighted by molar-refractivity contribution is 0.178. The van der Waals surface area contributed by atoms with Gasteiger partial charge < -0.3 is 18.6 Å². The van der Waals surface area contributed by atoms with E-state index in [1.807, 2.05) is 42.5 Å². The zero-order valence-electron chi connectivity index (χ0n) is 20.8. The number of allylic oxidation sites excluding steroid dienone is 1. The van der Waals surface area contributed by atoms with Crippen LogP contribution in [-0.2, 0) is 10.0 Å². The van der Waals surface area contributed by atoms with Gasteiger partial charge in [0.1, 0.15) is 29.9 Å². The molecule has 2 rings (SSSR count). The minimum atomic E-state index is -1.65. The van der Waals surface area contributed by atoms with Crippen molar-refractivity contribution in [3.05, 3.63) is 72.3 Å². The molecule has 1 atom stereocenters. The van der Waals surface area contributed by atoms with Crippen molar-refractivity contribution < 1.29 is 18.6 Å². The smallest absolute Gasteiger partial charge is 0.193 e. The second kappa shape index (κ2) is 11.2. The number of ether oxygens (including phenoxy) is 3. The molecule has 33 heavy (non-hydrogen) atoms. The van der Waals surface area contributed by atoms with Crippen LogP contribution in [-0.4, -0.2) is 29.9 Å². The molecule has 0 radical (unpaired) electrons. The maximum Gasteiger partial charge on any atom is 0.193 e. The van der Waals surface area contributed by atoms with E-state index in [1.165, 1.54) is 0 Å². The lowest BCUT2D eigenvalue weighted by atomic mass is 9.78. The van der Waals surface area contributed by atoms with Crippen LogP contribution in [0.2, 0.25) is 13.1 Å². The molecular formula is C27H35NO4Si. The fourth-order valence-corrected chi connectivity index (χ4v) is 4.58. The topological polar surface area (TPSA) is 60.7 Å². The van der Waals surface area contributed by atoms with Gasteiger partial charge in [0.2, 0.25) is 0 Å². The Balaban J connectivity index is 2.74. The SMILES string of the molecule is C=CCOc1ccc(/C(=C/C(C#N)(O[SiH](C)C)c2ccc(OC)cc2OC)C(C)(C)C)cc1. The number of methoxy groups -OCH3 is 2. The van der Waals surface area contributed by atoms with Gasteiger partial charge in [-0.05, 0) is 60.0 Å².